The van der Waals surface area contributed by atoms with Crippen LogP contribution >= 0.6 is 23.2 Å². The minimum atomic E-state index is -0.450. The number of benzene rings is 2. The first kappa shape index (κ1) is 16.5. The van der Waals surface area contributed by atoms with Crippen LogP contribution in [0.5, 0.6) is 11.5 Å². The van der Waals surface area contributed by atoms with Crippen LogP contribution < -0.4 is 9.47 Å². The first-order valence-electron chi connectivity index (χ1n) is 6.38. The molecule has 0 atom stereocenters. The maximum atomic E-state index is 11.6. The Balaban J connectivity index is 2.13. The van der Waals surface area contributed by atoms with Crippen molar-refractivity contribution in [3.8, 4) is 11.5 Å². The molecule has 0 N–H and O–H groups in total. The van der Waals surface area contributed by atoms with Crippen molar-refractivity contribution in [1.29, 1.82) is 0 Å². The average Bonchev–Trinajstić information content (AvgIpc) is 2.54. The van der Waals surface area contributed by atoms with Crippen LogP contribution in [0, 0.1) is 0 Å². The van der Waals surface area contributed by atoms with E-state index in [2.05, 4.69) is 0 Å². The van der Waals surface area contributed by atoms with Gasteiger partial charge in [-0.3, -0.25) is 0 Å². The van der Waals surface area contributed by atoms with Gasteiger partial charge < -0.3 is 14.2 Å². The summed E-state index contributed by atoms with van der Waals surface area (Å²) < 4.78 is 15.5. The molecule has 4 nitrogen and oxygen atoms in total. The Kier molecular flexibility index (Phi) is 5.52. The van der Waals surface area contributed by atoms with Gasteiger partial charge in [-0.15, -0.1) is 0 Å². The van der Waals surface area contributed by atoms with Gasteiger partial charge in [0.15, 0.2) is 0 Å². The predicted molar refractivity (Wildman–Crippen MR) is 85.1 cm³/mol. The molecule has 0 heterocycles. The number of carbonyl (C=O) groups is 1. The molecule has 0 amide bonds. The Morgan fingerprint density at radius 1 is 1.05 bits per heavy atom. The second-order valence-electron chi connectivity index (χ2n) is 4.39. The van der Waals surface area contributed by atoms with Gasteiger partial charge in [0.25, 0.3) is 0 Å². The smallest absolute Gasteiger partial charge is 0.341 e. The zero-order valence-electron chi connectivity index (χ0n) is 12.1. The molecule has 0 aliphatic heterocycles. The highest BCUT2D eigenvalue weighted by Gasteiger charge is 2.13. The Morgan fingerprint density at radius 2 is 1.82 bits per heavy atom. The second kappa shape index (κ2) is 7.38. The van der Waals surface area contributed by atoms with Crippen molar-refractivity contribution in [1.82, 2.24) is 0 Å². The molecule has 2 aromatic carbocycles. The van der Waals surface area contributed by atoms with Crippen LogP contribution in [-0.2, 0) is 11.3 Å². The van der Waals surface area contributed by atoms with E-state index in [4.69, 9.17) is 37.4 Å². The van der Waals surface area contributed by atoms with Crippen molar-refractivity contribution < 1.29 is 19.0 Å². The van der Waals surface area contributed by atoms with Gasteiger partial charge in [0, 0.05) is 6.07 Å². The zero-order valence-corrected chi connectivity index (χ0v) is 13.6. The molecule has 0 fully saturated rings. The van der Waals surface area contributed by atoms with Gasteiger partial charge in [0.05, 0.1) is 24.3 Å². The van der Waals surface area contributed by atoms with Crippen molar-refractivity contribution in [2.75, 3.05) is 14.2 Å². The molecule has 22 heavy (non-hydrogen) atoms. The highest BCUT2D eigenvalue weighted by Crippen LogP contribution is 2.27. The molecule has 0 saturated heterocycles. The van der Waals surface area contributed by atoms with E-state index < -0.39 is 5.97 Å². The molecule has 0 aliphatic carbocycles. The molecule has 0 aromatic heterocycles. The maximum absolute atomic E-state index is 11.6. The largest absolute Gasteiger partial charge is 0.496 e. The second-order valence-corrected chi connectivity index (χ2v) is 5.21. The molecule has 6 heteroatoms. The van der Waals surface area contributed by atoms with Crippen LogP contribution in [-0.4, -0.2) is 20.2 Å². The van der Waals surface area contributed by atoms with Crippen molar-refractivity contribution in [2.24, 2.45) is 0 Å². The minimum absolute atomic E-state index is 0.301. The van der Waals surface area contributed by atoms with Crippen molar-refractivity contribution in [2.45, 2.75) is 6.61 Å². The Morgan fingerprint density at radius 3 is 2.45 bits per heavy atom. The third-order valence-electron chi connectivity index (χ3n) is 2.97. The normalized spacial score (nSPS) is 10.2. The molecule has 0 saturated carbocycles. The summed E-state index contributed by atoms with van der Waals surface area (Å²) in [4.78, 5) is 11.6. The lowest BCUT2D eigenvalue weighted by Gasteiger charge is -2.11. The van der Waals surface area contributed by atoms with Gasteiger partial charge in [-0.05, 0) is 29.8 Å². The molecule has 0 radical (unpaired) electrons. The highest BCUT2D eigenvalue weighted by molar-refractivity contribution is 6.42. The number of hydrogen-bond donors (Lipinski definition) is 0. The summed E-state index contributed by atoms with van der Waals surface area (Å²) in [6.45, 7) is 0.301. The first-order valence-corrected chi connectivity index (χ1v) is 7.14. The third-order valence-corrected chi connectivity index (χ3v) is 3.71. The molecular weight excluding hydrogens is 327 g/mol. The van der Waals surface area contributed by atoms with Crippen LogP contribution in [0.4, 0.5) is 0 Å². The lowest BCUT2D eigenvalue weighted by atomic mass is 10.1. The monoisotopic (exact) mass is 340 g/mol. The molecule has 2 rings (SSSR count). The average molecular weight is 341 g/mol. The van der Waals surface area contributed by atoms with Crippen LogP contribution in [0.25, 0.3) is 0 Å². The summed E-state index contributed by atoms with van der Waals surface area (Å²) in [5.41, 5.74) is 1.21. The van der Waals surface area contributed by atoms with E-state index in [0.29, 0.717) is 33.7 Å². The Hall–Kier alpha value is -1.91. The number of ether oxygens (including phenoxy) is 3. The van der Waals surface area contributed by atoms with E-state index in [9.17, 15) is 4.79 Å². The molecule has 0 aliphatic rings. The van der Waals surface area contributed by atoms with Crippen molar-refractivity contribution in [3.63, 3.8) is 0 Å². The van der Waals surface area contributed by atoms with Gasteiger partial charge >= 0.3 is 5.97 Å². The summed E-state index contributed by atoms with van der Waals surface area (Å²) in [5, 5.41) is 0.899. The maximum Gasteiger partial charge on any atom is 0.341 e. The van der Waals surface area contributed by atoms with Gasteiger partial charge in [-0.1, -0.05) is 29.3 Å². The number of carbonyl (C=O) groups excluding carboxylic acids is 1. The molecule has 116 valence electrons. The quantitative estimate of drug-likeness (QED) is 0.758. The van der Waals surface area contributed by atoms with E-state index in [1.54, 1.807) is 36.4 Å². The minimum Gasteiger partial charge on any atom is -0.496 e. The Labute approximate surface area is 138 Å². The number of hydrogen-bond acceptors (Lipinski definition) is 4. The molecule has 0 bridgehead atoms. The van der Waals surface area contributed by atoms with E-state index in [0.717, 1.165) is 5.56 Å². The van der Waals surface area contributed by atoms with Crippen LogP contribution in [0.2, 0.25) is 10.0 Å². The predicted octanol–water partition coefficient (Wildman–Crippen LogP) is 4.37. The van der Waals surface area contributed by atoms with Gasteiger partial charge in [-0.2, -0.15) is 0 Å². The van der Waals surface area contributed by atoms with Crippen molar-refractivity contribution in [3.05, 3.63) is 57.6 Å². The summed E-state index contributed by atoms with van der Waals surface area (Å²) in [6, 6.07) is 10.2. The van der Waals surface area contributed by atoms with E-state index in [-0.39, 0.29) is 0 Å². The van der Waals surface area contributed by atoms with Crippen LogP contribution in [0.15, 0.2) is 36.4 Å². The van der Waals surface area contributed by atoms with Gasteiger partial charge in [-0.25, -0.2) is 4.79 Å². The SMILES string of the molecule is COC(=O)c1ccc(COc2ccc(Cl)c(Cl)c2)cc1OC. The van der Waals surface area contributed by atoms with Gasteiger partial charge in [0.1, 0.15) is 23.7 Å². The summed E-state index contributed by atoms with van der Waals surface area (Å²) in [7, 11) is 2.81. The van der Waals surface area contributed by atoms with Gasteiger partial charge in [0.2, 0.25) is 0 Å². The van der Waals surface area contributed by atoms with E-state index >= 15 is 0 Å². The fourth-order valence-corrected chi connectivity index (χ4v) is 2.13. The lowest BCUT2D eigenvalue weighted by Crippen LogP contribution is -2.05. The van der Waals surface area contributed by atoms with Crippen LogP contribution in [0.1, 0.15) is 15.9 Å². The van der Waals surface area contributed by atoms with Crippen molar-refractivity contribution >= 4 is 29.2 Å². The Bertz CT molecular complexity index is 686. The highest BCUT2D eigenvalue weighted by atomic mass is 35.5. The van der Waals surface area contributed by atoms with E-state index in [1.807, 2.05) is 0 Å². The molecular formula is C16H14Cl2O4. The third kappa shape index (κ3) is 3.84. The number of rotatable bonds is 5. The fourth-order valence-electron chi connectivity index (χ4n) is 1.84. The summed E-state index contributed by atoms with van der Waals surface area (Å²) >= 11 is 11.8. The van der Waals surface area contributed by atoms with Crippen LogP contribution in [0.3, 0.4) is 0 Å². The standard InChI is InChI=1S/C16H14Cl2O4/c1-20-15-7-10(3-5-12(15)16(19)21-2)9-22-11-4-6-13(17)14(18)8-11/h3-8H,9H2,1-2H3. The number of halogens is 2. The first-order chi connectivity index (χ1) is 10.5. The fraction of sp³-hybridized carbons (Fsp3) is 0.188. The molecule has 0 unspecified atom stereocenters. The topological polar surface area (TPSA) is 44.8 Å². The summed E-state index contributed by atoms with van der Waals surface area (Å²) in [6.07, 6.45) is 0. The zero-order chi connectivity index (χ0) is 16.1. The van der Waals surface area contributed by atoms with E-state index in [1.165, 1.54) is 14.2 Å². The number of esters is 1. The molecule has 2 aromatic rings. The lowest BCUT2D eigenvalue weighted by molar-refractivity contribution is 0.0597. The summed E-state index contributed by atoms with van der Waals surface area (Å²) in [5.74, 6) is 0.585. The number of methoxy groups -OCH3 is 2. The molecule has 0 spiro atoms.